The van der Waals surface area contributed by atoms with Gasteiger partial charge in [-0.1, -0.05) is 15.9 Å². The van der Waals surface area contributed by atoms with Gasteiger partial charge in [0.25, 0.3) is 5.91 Å². The molecule has 1 amide bonds. The lowest BCUT2D eigenvalue weighted by Gasteiger charge is -2.16. The topological polar surface area (TPSA) is 52.9 Å². The summed E-state index contributed by atoms with van der Waals surface area (Å²) in [6.45, 7) is 3.88. The Morgan fingerprint density at radius 3 is 2.71 bits per heavy atom. The van der Waals surface area contributed by atoms with Crippen molar-refractivity contribution in [3.05, 3.63) is 32.7 Å². The lowest BCUT2D eigenvalue weighted by atomic mass is 9.96. The zero-order chi connectivity index (χ0) is 13.1. The highest BCUT2D eigenvalue weighted by molar-refractivity contribution is 9.11. The lowest BCUT2D eigenvalue weighted by molar-refractivity contribution is 0.0943. The van der Waals surface area contributed by atoms with E-state index in [1.54, 1.807) is 26.0 Å². The summed E-state index contributed by atoms with van der Waals surface area (Å²) in [5, 5.41) is 11.6. The van der Waals surface area contributed by atoms with Gasteiger partial charge < -0.3 is 5.32 Å². The molecule has 1 aromatic rings. The number of hydrogen-bond acceptors (Lipinski definition) is 2. The number of hydrogen-bond donors (Lipinski definition) is 1. The summed E-state index contributed by atoms with van der Waals surface area (Å²) in [7, 11) is 0. The van der Waals surface area contributed by atoms with Gasteiger partial charge in [0.05, 0.1) is 17.0 Å². The second kappa shape index (κ2) is 5.65. The third-order valence-corrected chi connectivity index (χ3v) is 3.35. The highest BCUT2D eigenvalue weighted by Crippen LogP contribution is 2.21. The van der Waals surface area contributed by atoms with Crippen molar-refractivity contribution in [3.63, 3.8) is 0 Å². The van der Waals surface area contributed by atoms with Crippen LogP contribution in [-0.4, -0.2) is 12.5 Å². The van der Waals surface area contributed by atoms with Crippen LogP contribution < -0.4 is 5.32 Å². The first-order valence-electron chi connectivity index (χ1n) is 5.00. The Labute approximate surface area is 117 Å². The van der Waals surface area contributed by atoms with Gasteiger partial charge in [-0.3, -0.25) is 4.79 Å². The second-order valence-corrected chi connectivity index (χ2v) is 6.07. The molecule has 0 atom stereocenters. The zero-order valence-corrected chi connectivity index (χ0v) is 12.7. The van der Waals surface area contributed by atoms with Crippen LogP contribution in [0, 0.1) is 16.7 Å². The molecule has 0 heterocycles. The highest BCUT2D eigenvalue weighted by atomic mass is 79.9. The van der Waals surface area contributed by atoms with Crippen molar-refractivity contribution in [2.45, 2.75) is 13.8 Å². The fraction of sp³-hybridized carbons (Fsp3) is 0.333. The minimum absolute atomic E-state index is 0.193. The summed E-state index contributed by atoms with van der Waals surface area (Å²) < 4.78 is 1.57. The summed E-state index contributed by atoms with van der Waals surface area (Å²) in [6, 6.07) is 7.52. The third kappa shape index (κ3) is 4.14. The van der Waals surface area contributed by atoms with E-state index in [2.05, 4.69) is 43.2 Å². The lowest BCUT2D eigenvalue weighted by Crippen LogP contribution is -2.33. The van der Waals surface area contributed by atoms with E-state index in [0.717, 1.165) is 8.95 Å². The van der Waals surface area contributed by atoms with Crippen LogP contribution in [-0.2, 0) is 0 Å². The number of amides is 1. The van der Waals surface area contributed by atoms with E-state index in [1.807, 2.05) is 6.07 Å². The van der Waals surface area contributed by atoms with Gasteiger partial charge >= 0.3 is 0 Å². The maximum atomic E-state index is 11.9. The Bertz CT molecular complexity index is 478. The molecule has 0 radical (unpaired) electrons. The molecule has 0 aromatic heterocycles. The molecule has 5 heteroatoms. The Balaban J connectivity index is 2.78. The van der Waals surface area contributed by atoms with Crippen molar-refractivity contribution in [2.24, 2.45) is 5.41 Å². The molecule has 1 rings (SSSR count). The van der Waals surface area contributed by atoms with Crippen LogP contribution in [0.4, 0.5) is 0 Å². The molecule has 1 N–H and O–H groups in total. The number of nitrogens with zero attached hydrogens (tertiary/aromatic N) is 1. The van der Waals surface area contributed by atoms with Gasteiger partial charge in [0.15, 0.2) is 0 Å². The summed E-state index contributed by atoms with van der Waals surface area (Å²) >= 11 is 6.64. The van der Waals surface area contributed by atoms with Gasteiger partial charge in [0, 0.05) is 15.5 Å². The van der Waals surface area contributed by atoms with E-state index < -0.39 is 5.41 Å². The van der Waals surface area contributed by atoms with E-state index >= 15 is 0 Å². The van der Waals surface area contributed by atoms with E-state index in [9.17, 15) is 4.79 Å². The van der Waals surface area contributed by atoms with Gasteiger partial charge in [-0.25, -0.2) is 0 Å². The normalized spacial score (nSPS) is 10.8. The van der Waals surface area contributed by atoms with E-state index in [1.165, 1.54) is 0 Å². The highest BCUT2D eigenvalue weighted by Gasteiger charge is 2.19. The number of nitrogens with one attached hydrogen (secondary N) is 1. The molecular formula is C12H12Br2N2O. The van der Waals surface area contributed by atoms with Crippen molar-refractivity contribution >= 4 is 37.8 Å². The summed E-state index contributed by atoms with van der Waals surface area (Å²) in [6.07, 6.45) is 0. The summed E-state index contributed by atoms with van der Waals surface area (Å²) in [4.78, 5) is 11.9. The molecule has 0 aliphatic rings. The standard InChI is InChI=1S/C12H12Br2N2O/c1-12(2,6-15)7-16-11(17)9-5-8(13)3-4-10(9)14/h3-5H,7H2,1-2H3,(H,16,17). The molecule has 0 unspecified atom stereocenters. The Hall–Kier alpha value is -0.860. The number of nitriles is 1. The molecule has 0 fully saturated rings. The SMILES string of the molecule is CC(C)(C#N)CNC(=O)c1cc(Br)ccc1Br. The number of halogens is 2. The molecule has 1 aromatic carbocycles. The van der Waals surface area contributed by atoms with Crippen LogP contribution in [0.3, 0.4) is 0 Å². The van der Waals surface area contributed by atoms with E-state index in [-0.39, 0.29) is 5.91 Å². The average molecular weight is 360 g/mol. The van der Waals surface area contributed by atoms with E-state index in [0.29, 0.717) is 12.1 Å². The first-order valence-corrected chi connectivity index (χ1v) is 6.59. The first-order chi connectivity index (χ1) is 7.85. The molecule has 0 spiro atoms. The van der Waals surface area contributed by atoms with Crippen molar-refractivity contribution in [2.75, 3.05) is 6.54 Å². The quantitative estimate of drug-likeness (QED) is 0.897. The minimum Gasteiger partial charge on any atom is -0.350 e. The van der Waals surface area contributed by atoms with Crippen LogP contribution >= 0.6 is 31.9 Å². The van der Waals surface area contributed by atoms with Gasteiger partial charge in [-0.2, -0.15) is 5.26 Å². The summed E-state index contributed by atoms with van der Waals surface area (Å²) in [5.74, 6) is -0.193. The van der Waals surface area contributed by atoms with Crippen LogP contribution in [0.1, 0.15) is 24.2 Å². The van der Waals surface area contributed by atoms with Gasteiger partial charge in [-0.05, 0) is 48.0 Å². The largest absolute Gasteiger partial charge is 0.350 e. The second-order valence-electron chi connectivity index (χ2n) is 4.30. The molecule has 90 valence electrons. The fourth-order valence-corrected chi connectivity index (χ4v) is 1.90. The van der Waals surface area contributed by atoms with Crippen molar-refractivity contribution < 1.29 is 4.79 Å². The van der Waals surface area contributed by atoms with Gasteiger partial charge in [0.2, 0.25) is 0 Å². The van der Waals surface area contributed by atoms with Crippen LogP contribution in [0.25, 0.3) is 0 Å². The smallest absolute Gasteiger partial charge is 0.252 e. The Morgan fingerprint density at radius 2 is 2.12 bits per heavy atom. The number of rotatable bonds is 3. The number of carbonyl (C=O) groups excluding carboxylic acids is 1. The van der Waals surface area contributed by atoms with Gasteiger partial charge in [-0.15, -0.1) is 0 Å². The average Bonchev–Trinajstić information content (AvgIpc) is 2.29. The molecule has 0 saturated carbocycles. The Morgan fingerprint density at radius 1 is 1.47 bits per heavy atom. The predicted octanol–water partition coefficient (Wildman–Crippen LogP) is 3.49. The number of benzene rings is 1. The maximum Gasteiger partial charge on any atom is 0.252 e. The van der Waals surface area contributed by atoms with Crippen molar-refractivity contribution in [1.29, 1.82) is 5.26 Å². The minimum atomic E-state index is -0.561. The maximum absolute atomic E-state index is 11.9. The molecular weight excluding hydrogens is 348 g/mol. The molecule has 3 nitrogen and oxygen atoms in total. The van der Waals surface area contributed by atoms with Crippen molar-refractivity contribution in [1.82, 2.24) is 5.32 Å². The van der Waals surface area contributed by atoms with Crippen LogP contribution in [0.15, 0.2) is 27.1 Å². The molecule has 0 bridgehead atoms. The molecule has 0 aliphatic heterocycles. The predicted molar refractivity (Wildman–Crippen MR) is 73.6 cm³/mol. The van der Waals surface area contributed by atoms with Crippen LogP contribution in [0.5, 0.6) is 0 Å². The van der Waals surface area contributed by atoms with Crippen molar-refractivity contribution in [3.8, 4) is 6.07 Å². The van der Waals surface area contributed by atoms with Gasteiger partial charge in [0.1, 0.15) is 0 Å². The molecule has 17 heavy (non-hydrogen) atoms. The van der Waals surface area contributed by atoms with Crippen LogP contribution in [0.2, 0.25) is 0 Å². The zero-order valence-electron chi connectivity index (χ0n) is 9.55. The molecule has 0 aliphatic carbocycles. The van der Waals surface area contributed by atoms with E-state index in [4.69, 9.17) is 5.26 Å². The number of carbonyl (C=O) groups is 1. The fourth-order valence-electron chi connectivity index (χ4n) is 1.11. The Kier molecular flexibility index (Phi) is 4.72. The summed E-state index contributed by atoms with van der Waals surface area (Å²) in [5.41, 5.74) is -0.0122. The monoisotopic (exact) mass is 358 g/mol. The molecule has 0 saturated heterocycles. The first kappa shape index (κ1) is 14.2. The third-order valence-electron chi connectivity index (χ3n) is 2.17.